The average molecular weight is 462 g/mol. The molecule has 3 amide bonds. The fourth-order valence-corrected chi connectivity index (χ4v) is 3.38. The first-order valence-electron chi connectivity index (χ1n) is 11.3. The Morgan fingerprint density at radius 2 is 1.53 bits per heavy atom. The summed E-state index contributed by atoms with van der Waals surface area (Å²) in [6.07, 6.45) is 0.646. The van der Waals surface area contributed by atoms with Gasteiger partial charge in [0, 0.05) is 40.0 Å². The summed E-state index contributed by atoms with van der Waals surface area (Å²) < 4.78 is 11.2. The molecular formula is C21H39N3O8. The van der Waals surface area contributed by atoms with E-state index in [4.69, 9.17) is 9.47 Å². The van der Waals surface area contributed by atoms with Crippen LogP contribution in [-0.2, 0) is 23.9 Å². The number of aliphatic hydroxyl groups excluding tert-OH is 3. The van der Waals surface area contributed by atoms with Gasteiger partial charge in [-0.05, 0) is 25.7 Å². The Kier molecular flexibility index (Phi) is 14.1. The summed E-state index contributed by atoms with van der Waals surface area (Å²) in [7, 11) is 0. The summed E-state index contributed by atoms with van der Waals surface area (Å²) in [4.78, 5) is 33.9. The van der Waals surface area contributed by atoms with Crippen molar-refractivity contribution in [3.63, 3.8) is 0 Å². The molecule has 1 heterocycles. The summed E-state index contributed by atoms with van der Waals surface area (Å²) in [6, 6.07) is -0.932. The Morgan fingerprint density at radius 3 is 2.19 bits per heavy atom. The van der Waals surface area contributed by atoms with Crippen LogP contribution in [0.15, 0.2) is 0 Å². The molecule has 1 aliphatic rings. The normalized spacial score (nSPS) is 25.2. The van der Waals surface area contributed by atoms with E-state index in [-0.39, 0.29) is 11.8 Å². The maximum Gasteiger partial charge on any atom is 0.219 e. The first-order valence-corrected chi connectivity index (χ1v) is 11.3. The first-order chi connectivity index (χ1) is 15.3. The van der Waals surface area contributed by atoms with Crippen molar-refractivity contribution in [2.75, 3.05) is 26.3 Å². The third-order valence-electron chi connectivity index (χ3n) is 5.13. The third-order valence-corrected chi connectivity index (χ3v) is 5.13. The topological polar surface area (TPSA) is 166 Å². The van der Waals surface area contributed by atoms with Gasteiger partial charge in [-0.2, -0.15) is 0 Å². The molecule has 0 unspecified atom stereocenters. The first kappa shape index (κ1) is 28.2. The lowest BCUT2D eigenvalue weighted by Crippen LogP contribution is -2.64. The Balaban J connectivity index is 2.15. The van der Waals surface area contributed by atoms with E-state index in [1.165, 1.54) is 13.8 Å². The zero-order valence-corrected chi connectivity index (χ0v) is 19.0. The van der Waals surface area contributed by atoms with E-state index in [9.17, 15) is 29.7 Å². The molecule has 0 saturated carbocycles. The summed E-state index contributed by atoms with van der Waals surface area (Å²) in [5.74, 6) is -0.450. The van der Waals surface area contributed by atoms with Crippen LogP contribution in [0.4, 0.5) is 0 Å². The standard InChI is InChI=1S/C21H39N3O8/c1-14(26)22-10-7-5-9-17(28)23-11-6-3-4-8-12-31-21-18(24-15(2)27)20(30)19(29)16(13-25)32-21/h16,18-21,25,29-30H,3-13H2,1-2H3,(H,22,26)(H,23,28)(H,24,27)/t16-,18-,19+,20-,21-/m1/s1. The number of nitrogens with one attached hydrogen (secondary N) is 3. The van der Waals surface area contributed by atoms with Crippen molar-refractivity contribution in [3.8, 4) is 0 Å². The van der Waals surface area contributed by atoms with E-state index < -0.39 is 43.2 Å². The van der Waals surface area contributed by atoms with Gasteiger partial charge in [-0.3, -0.25) is 14.4 Å². The van der Waals surface area contributed by atoms with E-state index in [0.717, 1.165) is 32.1 Å². The van der Waals surface area contributed by atoms with E-state index in [1.807, 2.05) is 0 Å². The molecule has 6 N–H and O–H groups in total. The Labute approximate surface area is 189 Å². The van der Waals surface area contributed by atoms with Gasteiger partial charge in [0.15, 0.2) is 6.29 Å². The van der Waals surface area contributed by atoms with Crippen LogP contribution in [0.1, 0.15) is 58.8 Å². The van der Waals surface area contributed by atoms with Crippen LogP contribution in [0.3, 0.4) is 0 Å². The summed E-state index contributed by atoms with van der Waals surface area (Å²) in [5.41, 5.74) is 0. The van der Waals surface area contributed by atoms with Gasteiger partial charge in [-0.25, -0.2) is 0 Å². The molecule has 11 heteroatoms. The molecule has 0 aromatic heterocycles. The predicted octanol–water partition coefficient (Wildman–Crippen LogP) is -1.07. The number of amides is 3. The second-order valence-electron chi connectivity index (χ2n) is 8.01. The highest BCUT2D eigenvalue weighted by molar-refractivity contribution is 5.75. The fraction of sp³-hybridized carbons (Fsp3) is 0.857. The second-order valence-corrected chi connectivity index (χ2v) is 8.01. The van der Waals surface area contributed by atoms with E-state index >= 15 is 0 Å². The highest BCUT2D eigenvalue weighted by atomic mass is 16.7. The number of carbonyl (C=O) groups excluding carboxylic acids is 3. The van der Waals surface area contributed by atoms with Crippen molar-refractivity contribution in [3.05, 3.63) is 0 Å². The number of rotatable bonds is 15. The number of ether oxygens (including phenoxy) is 2. The SMILES string of the molecule is CC(=O)NCCCCC(=O)NCCCCCCO[C@@H]1O[C@H](CO)[C@H](O)[C@H](O)[C@H]1NC(C)=O. The van der Waals surface area contributed by atoms with Crippen LogP contribution in [0.5, 0.6) is 0 Å². The molecule has 5 atom stereocenters. The number of hydrogen-bond donors (Lipinski definition) is 6. The maximum absolute atomic E-state index is 11.7. The highest BCUT2D eigenvalue weighted by Crippen LogP contribution is 2.22. The van der Waals surface area contributed by atoms with Crippen molar-refractivity contribution in [2.24, 2.45) is 0 Å². The minimum atomic E-state index is -1.33. The van der Waals surface area contributed by atoms with Gasteiger partial charge in [-0.15, -0.1) is 0 Å². The molecule has 1 rings (SSSR count). The summed E-state index contributed by atoms with van der Waals surface area (Å²) in [6.45, 7) is 3.78. The molecule has 0 bridgehead atoms. The zero-order chi connectivity index (χ0) is 23.9. The number of unbranched alkanes of at least 4 members (excludes halogenated alkanes) is 4. The van der Waals surface area contributed by atoms with E-state index in [2.05, 4.69) is 16.0 Å². The predicted molar refractivity (Wildman–Crippen MR) is 115 cm³/mol. The van der Waals surface area contributed by atoms with Crippen LogP contribution in [-0.4, -0.2) is 90.0 Å². The van der Waals surface area contributed by atoms with E-state index in [0.29, 0.717) is 32.5 Å². The van der Waals surface area contributed by atoms with Crippen LogP contribution in [0.25, 0.3) is 0 Å². The van der Waals surface area contributed by atoms with Gasteiger partial charge in [0.05, 0.1) is 6.61 Å². The molecule has 0 spiro atoms. The smallest absolute Gasteiger partial charge is 0.219 e. The van der Waals surface area contributed by atoms with Crippen molar-refractivity contribution < 1.29 is 39.2 Å². The average Bonchev–Trinajstić information content (AvgIpc) is 2.73. The molecular weight excluding hydrogens is 422 g/mol. The van der Waals surface area contributed by atoms with Crippen molar-refractivity contribution in [1.82, 2.24) is 16.0 Å². The Hall–Kier alpha value is -1.79. The van der Waals surface area contributed by atoms with Crippen molar-refractivity contribution in [2.45, 2.75) is 89.4 Å². The van der Waals surface area contributed by atoms with Gasteiger partial charge in [0.1, 0.15) is 24.4 Å². The van der Waals surface area contributed by atoms with Crippen LogP contribution >= 0.6 is 0 Å². The Morgan fingerprint density at radius 1 is 0.875 bits per heavy atom. The summed E-state index contributed by atoms with van der Waals surface area (Å²) in [5, 5.41) is 37.6. The molecule has 186 valence electrons. The number of aliphatic hydroxyl groups is 3. The van der Waals surface area contributed by atoms with Crippen LogP contribution < -0.4 is 16.0 Å². The lowest BCUT2D eigenvalue weighted by molar-refractivity contribution is -0.270. The second kappa shape index (κ2) is 15.9. The van der Waals surface area contributed by atoms with Gasteiger partial charge < -0.3 is 40.7 Å². The molecule has 0 aliphatic carbocycles. The molecule has 0 aromatic carbocycles. The van der Waals surface area contributed by atoms with Crippen LogP contribution in [0.2, 0.25) is 0 Å². The molecule has 0 radical (unpaired) electrons. The molecule has 32 heavy (non-hydrogen) atoms. The van der Waals surface area contributed by atoms with Crippen molar-refractivity contribution >= 4 is 17.7 Å². The molecule has 1 saturated heterocycles. The lowest BCUT2D eigenvalue weighted by Gasteiger charge is -2.42. The number of hydrogen-bond acceptors (Lipinski definition) is 8. The van der Waals surface area contributed by atoms with E-state index in [1.54, 1.807) is 0 Å². The molecule has 11 nitrogen and oxygen atoms in total. The lowest BCUT2D eigenvalue weighted by atomic mass is 9.97. The highest BCUT2D eigenvalue weighted by Gasteiger charge is 2.45. The Bertz CT molecular complexity index is 577. The van der Waals surface area contributed by atoms with Crippen LogP contribution in [0, 0.1) is 0 Å². The molecule has 1 aliphatic heterocycles. The maximum atomic E-state index is 11.7. The quantitative estimate of drug-likeness (QED) is 0.168. The monoisotopic (exact) mass is 461 g/mol. The minimum absolute atomic E-state index is 0.00815. The van der Waals surface area contributed by atoms with Gasteiger partial charge >= 0.3 is 0 Å². The zero-order valence-electron chi connectivity index (χ0n) is 19.0. The largest absolute Gasteiger partial charge is 0.394 e. The van der Waals surface area contributed by atoms with Gasteiger partial charge in [-0.1, -0.05) is 12.8 Å². The van der Waals surface area contributed by atoms with Crippen molar-refractivity contribution in [1.29, 1.82) is 0 Å². The fourth-order valence-electron chi connectivity index (χ4n) is 3.38. The minimum Gasteiger partial charge on any atom is -0.394 e. The molecule has 0 aromatic rings. The van der Waals surface area contributed by atoms with Gasteiger partial charge in [0.2, 0.25) is 17.7 Å². The summed E-state index contributed by atoms with van der Waals surface area (Å²) >= 11 is 0. The number of carbonyl (C=O) groups is 3. The van der Waals surface area contributed by atoms with Gasteiger partial charge in [0.25, 0.3) is 0 Å². The molecule has 1 fully saturated rings. The third kappa shape index (κ3) is 11.2.